The highest BCUT2D eigenvalue weighted by Gasteiger charge is 1.31. The normalized spacial score (nSPS) is 4.50. The monoisotopic (exact) mass is 184 g/mol. The van der Waals surface area contributed by atoms with Crippen molar-refractivity contribution in [3.05, 3.63) is 0 Å². The Hall–Kier alpha value is 1.46. The molecule has 0 aromatic rings. The van der Waals surface area contributed by atoms with E-state index in [9.17, 15) is 0 Å². The van der Waals surface area contributed by atoms with E-state index in [2.05, 4.69) is 3.07 Å². The third kappa shape index (κ3) is 9.83. The summed E-state index contributed by atoms with van der Waals surface area (Å²) in [6.45, 7) is 0. The maximum atomic E-state index is 4.22. The van der Waals surface area contributed by atoms with E-state index in [1.165, 1.54) is 0 Å². The fourth-order valence-electron chi connectivity index (χ4n) is 0. The molecule has 4 heavy (non-hydrogen) atoms. The molecule has 0 unspecified atom stereocenters. The van der Waals surface area contributed by atoms with E-state index in [-0.39, 0.29) is 23.1 Å². The van der Waals surface area contributed by atoms with Crippen molar-refractivity contribution in [2.45, 2.75) is 0 Å². The van der Waals surface area contributed by atoms with Crippen LogP contribution in [0.3, 0.4) is 0 Å². The molecule has 0 N–H and O–H groups in total. The quantitative estimate of drug-likeness (QED) is 0.382. The second kappa shape index (κ2) is 8.82. The van der Waals surface area contributed by atoms with Crippen LogP contribution in [-0.4, -0.2) is 30.2 Å². The van der Waals surface area contributed by atoms with Gasteiger partial charge in [0.25, 0.3) is 0 Å². The van der Waals surface area contributed by atoms with Crippen LogP contribution in [-0.2, 0) is 3.07 Å². The molecule has 0 radical (unpaired) electrons. The van der Waals surface area contributed by atoms with Crippen molar-refractivity contribution in [3.8, 4) is 0 Å². The van der Waals surface area contributed by atoms with Gasteiger partial charge in [0.15, 0.2) is 0 Å². The van der Waals surface area contributed by atoms with Crippen LogP contribution in [0.25, 0.3) is 0 Å². The fraction of sp³-hybridized carbons (Fsp3) is 1.00. The van der Waals surface area contributed by atoms with E-state index in [1.807, 2.05) is 0 Å². The highest BCUT2D eigenvalue weighted by atomic mass is 127. The predicted molar refractivity (Wildman–Crippen MR) is 29.6 cm³/mol. The predicted octanol–water partition coefficient (Wildman–Crippen LogP) is 0.0666. The average molecular weight is 184 g/mol. The first-order chi connectivity index (χ1) is 1.41. The molecule has 0 aliphatic heterocycles. The van der Waals surface area contributed by atoms with E-state index in [4.69, 9.17) is 0 Å². The average Bonchev–Trinajstić information content (AvgIpc) is 0.918. The molecule has 0 rings (SSSR count). The molecule has 0 amide bonds. The molecular formula is CH5IMgO. The zero-order valence-electron chi connectivity index (χ0n) is 1.79. The second-order valence-corrected chi connectivity index (χ2v) is 1.04. The van der Waals surface area contributed by atoms with Gasteiger partial charge in [0.05, 0.1) is 0 Å². The molecule has 0 fully saturated rings. The van der Waals surface area contributed by atoms with Crippen LogP contribution in [0.15, 0.2) is 0 Å². The molecule has 0 bridgehead atoms. The lowest BCUT2D eigenvalue weighted by Crippen LogP contribution is -1.37. The van der Waals surface area contributed by atoms with Crippen LogP contribution in [0, 0.1) is 0 Å². The maximum absolute atomic E-state index is 4.22. The van der Waals surface area contributed by atoms with Crippen molar-refractivity contribution in [2.75, 3.05) is 7.11 Å². The molecule has 0 aliphatic rings. The lowest BCUT2D eigenvalue weighted by Gasteiger charge is -1.55. The standard InChI is InChI=1S/CH3IO.Mg.2H/c1-3-2;;;/h1H3;;;. The Balaban J connectivity index is 0. The third-order valence-electron chi connectivity index (χ3n) is 0. The summed E-state index contributed by atoms with van der Waals surface area (Å²) in [6, 6.07) is 0. The summed E-state index contributed by atoms with van der Waals surface area (Å²) in [5, 5.41) is 0. The van der Waals surface area contributed by atoms with E-state index in [0.717, 1.165) is 0 Å². The van der Waals surface area contributed by atoms with E-state index < -0.39 is 0 Å². The van der Waals surface area contributed by atoms with Gasteiger partial charge < -0.3 is 3.07 Å². The molecule has 0 aliphatic carbocycles. The molecule has 0 atom stereocenters. The topological polar surface area (TPSA) is 9.23 Å². The zero-order valence-corrected chi connectivity index (χ0v) is 3.94. The molecular weight excluding hydrogens is 179 g/mol. The van der Waals surface area contributed by atoms with Gasteiger partial charge in [-0.1, -0.05) is 0 Å². The molecule has 1 nitrogen and oxygen atoms in total. The zero-order chi connectivity index (χ0) is 2.71. The number of halogens is 1. The van der Waals surface area contributed by atoms with Gasteiger partial charge in [-0.3, -0.25) is 0 Å². The Morgan fingerprint density at radius 2 is 1.75 bits per heavy atom. The van der Waals surface area contributed by atoms with Gasteiger partial charge in [0.2, 0.25) is 0 Å². The minimum atomic E-state index is 0. The van der Waals surface area contributed by atoms with Crippen LogP contribution in [0.2, 0.25) is 0 Å². The minimum absolute atomic E-state index is 0. The fourth-order valence-corrected chi connectivity index (χ4v) is 0. The summed E-state index contributed by atoms with van der Waals surface area (Å²) in [4.78, 5) is 0. The van der Waals surface area contributed by atoms with Crippen molar-refractivity contribution >= 4 is 46.1 Å². The highest BCUT2D eigenvalue weighted by molar-refractivity contribution is 14.1. The summed E-state index contributed by atoms with van der Waals surface area (Å²) < 4.78 is 4.22. The lowest BCUT2D eigenvalue weighted by molar-refractivity contribution is 0.556. The highest BCUT2D eigenvalue weighted by Crippen LogP contribution is 1.70. The first-order valence-electron chi connectivity index (χ1n) is 0.563. The molecule has 0 saturated carbocycles. The molecule has 0 aromatic heterocycles. The lowest BCUT2D eigenvalue weighted by atomic mass is 11.8. The smallest absolute Gasteiger partial charge is 0.316 e. The molecule has 0 saturated heterocycles. The second-order valence-electron chi connectivity index (χ2n) is 0.154. The van der Waals surface area contributed by atoms with Crippen LogP contribution in [0.1, 0.15) is 0 Å². The van der Waals surface area contributed by atoms with Crippen LogP contribution in [0.4, 0.5) is 0 Å². The van der Waals surface area contributed by atoms with Crippen LogP contribution >= 0.6 is 23.0 Å². The summed E-state index contributed by atoms with van der Waals surface area (Å²) in [5.41, 5.74) is 0. The van der Waals surface area contributed by atoms with Gasteiger partial charge in [-0.05, 0) is 0 Å². The molecule has 3 heteroatoms. The Kier molecular flexibility index (Phi) is 20.0. The van der Waals surface area contributed by atoms with Gasteiger partial charge in [0, 0.05) is 7.11 Å². The number of rotatable bonds is 0. The summed E-state index contributed by atoms with van der Waals surface area (Å²) in [6.07, 6.45) is 0. The Morgan fingerprint density at radius 1 is 1.75 bits per heavy atom. The van der Waals surface area contributed by atoms with Gasteiger partial charge in [-0.25, -0.2) is 0 Å². The van der Waals surface area contributed by atoms with Crippen molar-refractivity contribution < 1.29 is 3.07 Å². The van der Waals surface area contributed by atoms with E-state index in [0.29, 0.717) is 0 Å². The first kappa shape index (κ1) is 9.07. The Bertz CT molecular complexity index is 8.00. The van der Waals surface area contributed by atoms with Gasteiger partial charge in [-0.2, -0.15) is 0 Å². The summed E-state index contributed by atoms with van der Waals surface area (Å²) in [7, 11) is 1.61. The third-order valence-corrected chi connectivity index (χ3v) is 0. The van der Waals surface area contributed by atoms with Crippen molar-refractivity contribution in [3.63, 3.8) is 0 Å². The van der Waals surface area contributed by atoms with Crippen molar-refractivity contribution in [1.29, 1.82) is 0 Å². The summed E-state index contributed by atoms with van der Waals surface area (Å²) >= 11 is 1.79. The minimum Gasteiger partial charge on any atom is -0.319 e. The maximum Gasteiger partial charge on any atom is 0.316 e. The number of hydrogen-bond donors (Lipinski definition) is 0. The SMILES string of the molecule is COI.[MgH2]. The Morgan fingerprint density at radius 3 is 1.75 bits per heavy atom. The molecule has 24 valence electrons. The first-order valence-corrected chi connectivity index (χ1v) is 1.44. The van der Waals surface area contributed by atoms with E-state index >= 15 is 0 Å². The Labute approximate surface area is 55.9 Å². The van der Waals surface area contributed by atoms with E-state index in [1.54, 1.807) is 30.1 Å². The van der Waals surface area contributed by atoms with Crippen LogP contribution < -0.4 is 0 Å². The van der Waals surface area contributed by atoms with Gasteiger partial charge >= 0.3 is 23.1 Å². The summed E-state index contributed by atoms with van der Waals surface area (Å²) in [5.74, 6) is 0. The van der Waals surface area contributed by atoms with Gasteiger partial charge in [-0.15, -0.1) is 0 Å². The van der Waals surface area contributed by atoms with Crippen molar-refractivity contribution in [2.24, 2.45) is 0 Å². The largest absolute Gasteiger partial charge is 0.319 e. The molecule has 0 aromatic carbocycles. The number of hydrogen-bond acceptors (Lipinski definition) is 1. The molecule has 0 heterocycles. The van der Waals surface area contributed by atoms with Crippen LogP contribution in [0.5, 0.6) is 0 Å². The van der Waals surface area contributed by atoms with Gasteiger partial charge in [0.1, 0.15) is 23.0 Å². The molecule has 0 spiro atoms. The van der Waals surface area contributed by atoms with Crippen molar-refractivity contribution in [1.82, 2.24) is 0 Å².